The minimum Gasteiger partial charge on any atom is -0.476 e. The number of carboxylic acids is 1. The predicted octanol–water partition coefficient (Wildman–Crippen LogP) is 3.62. The lowest BCUT2D eigenvalue weighted by molar-refractivity contribution is 0.0691. The van der Waals surface area contributed by atoms with E-state index in [1.165, 1.54) is 11.3 Å². The highest BCUT2D eigenvalue weighted by molar-refractivity contribution is 7.15. The van der Waals surface area contributed by atoms with Gasteiger partial charge in [0.1, 0.15) is 16.4 Å². The van der Waals surface area contributed by atoms with E-state index in [0.717, 1.165) is 30.0 Å². The predicted molar refractivity (Wildman–Crippen MR) is 70.1 cm³/mol. The van der Waals surface area contributed by atoms with Crippen LogP contribution in [0.25, 0.3) is 10.6 Å². The fourth-order valence-corrected chi connectivity index (χ4v) is 2.81. The molecular weight excluding hydrogens is 250 g/mol. The van der Waals surface area contributed by atoms with E-state index in [1.54, 1.807) is 0 Å². The molecule has 2 aromatic heterocycles. The van der Waals surface area contributed by atoms with E-state index in [-0.39, 0.29) is 5.69 Å². The lowest BCUT2D eigenvalue weighted by Gasteiger charge is -1.93. The Labute approximate surface area is 109 Å². The molecule has 0 fully saturated rings. The van der Waals surface area contributed by atoms with E-state index in [1.807, 2.05) is 26.0 Å². The second-order valence-corrected chi connectivity index (χ2v) is 5.04. The Morgan fingerprint density at radius 1 is 1.44 bits per heavy atom. The van der Waals surface area contributed by atoms with Gasteiger partial charge in [0.25, 0.3) is 0 Å². The molecular formula is C13H15NO3S. The van der Waals surface area contributed by atoms with Crippen molar-refractivity contribution in [2.75, 3.05) is 0 Å². The van der Waals surface area contributed by atoms with Crippen LogP contribution < -0.4 is 0 Å². The summed E-state index contributed by atoms with van der Waals surface area (Å²) in [4.78, 5) is 16.0. The van der Waals surface area contributed by atoms with Gasteiger partial charge in [0.05, 0.1) is 5.01 Å². The number of aromatic nitrogens is 1. The van der Waals surface area contributed by atoms with Crippen LogP contribution in [0.1, 0.15) is 41.5 Å². The Hall–Kier alpha value is -1.62. The van der Waals surface area contributed by atoms with Crippen LogP contribution in [-0.4, -0.2) is 16.1 Å². The molecule has 4 nitrogen and oxygen atoms in total. The van der Waals surface area contributed by atoms with E-state index in [9.17, 15) is 9.90 Å². The second kappa shape index (κ2) is 5.35. The summed E-state index contributed by atoms with van der Waals surface area (Å²) >= 11 is 1.40. The van der Waals surface area contributed by atoms with E-state index in [4.69, 9.17) is 4.42 Å². The van der Waals surface area contributed by atoms with Crippen molar-refractivity contribution in [2.24, 2.45) is 0 Å². The zero-order chi connectivity index (χ0) is 13.1. The summed E-state index contributed by atoms with van der Waals surface area (Å²) in [5.74, 6) is 0.453. The van der Waals surface area contributed by atoms with Gasteiger partial charge >= 0.3 is 5.97 Å². The third kappa shape index (κ3) is 2.46. The smallest absolute Gasteiger partial charge is 0.356 e. The molecule has 1 N–H and O–H groups in total. The van der Waals surface area contributed by atoms with Crippen molar-refractivity contribution in [3.8, 4) is 10.6 Å². The molecule has 0 bridgehead atoms. The number of carbonyl (C=O) groups is 1. The Morgan fingerprint density at radius 3 is 2.78 bits per heavy atom. The van der Waals surface area contributed by atoms with Crippen LogP contribution in [0.5, 0.6) is 0 Å². The molecule has 0 radical (unpaired) electrons. The van der Waals surface area contributed by atoms with Crippen molar-refractivity contribution >= 4 is 17.3 Å². The van der Waals surface area contributed by atoms with Crippen molar-refractivity contribution < 1.29 is 14.3 Å². The van der Waals surface area contributed by atoms with Crippen LogP contribution in [0.3, 0.4) is 0 Å². The maximum absolute atomic E-state index is 11.2. The van der Waals surface area contributed by atoms with Gasteiger partial charge in [0, 0.05) is 6.42 Å². The number of furan rings is 1. The maximum atomic E-state index is 11.2. The number of aromatic carboxylic acids is 1. The third-order valence-electron chi connectivity index (χ3n) is 2.57. The molecule has 0 unspecified atom stereocenters. The van der Waals surface area contributed by atoms with Crippen LogP contribution in [0.2, 0.25) is 0 Å². The molecule has 2 heterocycles. The molecule has 0 aliphatic heterocycles. The molecule has 0 amide bonds. The zero-order valence-corrected chi connectivity index (χ0v) is 11.2. The Morgan fingerprint density at radius 2 is 2.22 bits per heavy atom. The third-order valence-corrected chi connectivity index (χ3v) is 3.70. The van der Waals surface area contributed by atoms with Crippen molar-refractivity contribution in [1.29, 1.82) is 0 Å². The standard InChI is InChI=1S/C13H15NO3S/c1-3-5-10-14-11(13(15)16)12(18-10)9-7-6-8(4-2)17-9/h6-7H,3-5H2,1-2H3,(H,15,16). The maximum Gasteiger partial charge on any atom is 0.356 e. The van der Waals surface area contributed by atoms with Crippen LogP contribution in [-0.2, 0) is 12.8 Å². The first-order valence-corrected chi connectivity index (χ1v) is 6.79. The fraction of sp³-hybridized carbons (Fsp3) is 0.385. The molecule has 2 aromatic rings. The molecule has 18 heavy (non-hydrogen) atoms. The van der Waals surface area contributed by atoms with Gasteiger partial charge in [0.2, 0.25) is 0 Å². The van der Waals surface area contributed by atoms with Gasteiger partial charge in [-0.25, -0.2) is 9.78 Å². The average Bonchev–Trinajstić information content (AvgIpc) is 2.94. The molecule has 0 saturated heterocycles. The normalized spacial score (nSPS) is 10.8. The van der Waals surface area contributed by atoms with Gasteiger partial charge in [-0.15, -0.1) is 11.3 Å². The summed E-state index contributed by atoms with van der Waals surface area (Å²) in [5, 5.41) is 10.0. The molecule has 0 saturated carbocycles. The Bertz CT molecular complexity index is 556. The number of carboxylic acid groups (broad SMARTS) is 1. The molecule has 0 aliphatic rings. The highest BCUT2D eigenvalue weighted by atomic mass is 32.1. The molecule has 0 aliphatic carbocycles. The van der Waals surface area contributed by atoms with Crippen molar-refractivity contribution in [3.63, 3.8) is 0 Å². The second-order valence-electron chi connectivity index (χ2n) is 3.96. The monoisotopic (exact) mass is 265 g/mol. The van der Waals surface area contributed by atoms with Gasteiger partial charge < -0.3 is 9.52 Å². The number of rotatable bonds is 5. The highest BCUT2D eigenvalue weighted by Gasteiger charge is 2.20. The lowest BCUT2D eigenvalue weighted by Crippen LogP contribution is -1.98. The van der Waals surface area contributed by atoms with Crippen molar-refractivity contribution in [1.82, 2.24) is 4.98 Å². The van der Waals surface area contributed by atoms with E-state index in [0.29, 0.717) is 10.6 Å². The lowest BCUT2D eigenvalue weighted by atomic mass is 10.3. The number of nitrogens with zero attached hydrogens (tertiary/aromatic N) is 1. The summed E-state index contributed by atoms with van der Waals surface area (Å²) in [7, 11) is 0. The van der Waals surface area contributed by atoms with Gasteiger partial charge in [-0.3, -0.25) is 0 Å². The minimum atomic E-state index is -1.00. The van der Waals surface area contributed by atoms with Gasteiger partial charge in [-0.2, -0.15) is 0 Å². The van der Waals surface area contributed by atoms with Crippen LogP contribution in [0, 0.1) is 0 Å². The molecule has 0 spiro atoms. The summed E-state index contributed by atoms with van der Waals surface area (Å²) in [6.45, 7) is 4.04. The van der Waals surface area contributed by atoms with E-state index < -0.39 is 5.97 Å². The summed E-state index contributed by atoms with van der Waals surface area (Å²) < 4.78 is 5.61. The molecule has 2 rings (SSSR count). The Balaban J connectivity index is 2.44. The highest BCUT2D eigenvalue weighted by Crippen LogP contribution is 2.32. The minimum absolute atomic E-state index is 0.0976. The summed E-state index contributed by atoms with van der Waals surface area (Å²) in [6.07, 6.45) is 2.54. The quantitative estimate of drug-likeness (QED) is 0.896. The van der Waals surface area contributed by atoms with Crippen molar-refractivity contribution in [2.45, 2.75) is 33.1 Å². The molecule has 5 heteroatoms. The first kappa shape index (κ1) is 12.8. The molecule has 0 atom stereocenters. The van der Waals surface area contributed by atoms with Crippen LogP contribution in [0.15, 0.2) is 16.5 Å². The van der Waals surface area contributed by atoms with Gasteiger partial charge in [-0.1, -0.05) is 13.8 Å². The van der Waals surface area contributed by atoms with E-state index in [2.05, 4.69) is 4.98 Å². The topological polar surface area (TPSA) is 63.3 Å². The van der Waals surface area contributed by atoms with Crippen molar-refractivity contribution in [3.05, 3.63) is 28.6 Å². The number of hydrogen-bond acceptors (Lipinski definition) is 4. The average molecular weight is 265 g/mol. The number of aryl methyl sites for hydroxylation is 2. The Kier molecular flexibility index (Phi) is 3.81. The number of thiazole rings is 1. The first-order chi connectivity index (χ1) is 8.65. The summed E-state index contributed by atoms with van der Waals surface area (Å²) in [6, 6.07) is 3.69. The van der Waals surface area contributed by atoms with Crippen LogP contribution >= 0.6 is 11.3 Å². The van der Waals surface area contributed by atoms with Gasteiger partial charge in [0.15, 0.2) is 5.69 Å². The SMILES string of the molecule is CCCc1nc(C(=O)O)c(-c2ccc(CC)o2)s1. The number of hydrogen-bond donors (Lipinski definition) is 1. The summed E-state index contributed by atoms with van der Waals surface area (Å²) in [5.41, 5.74) is 0.0976. The van der Waals surface area contributed by atoms with E-state index >= 15 is 0 Å². The molecule has 0 aromatic carbocycles. The first-order valence-electron chi connectivity index (χ1n) is 5.97. The zero-order valence-electron chi connectivity index (χ0n) is 10.4. The largest absolute Gasteiger partial charge is 0.476 e. The van der Waals surface area contributed by atoms with Crippen LogP contribution in [0.4, 0.5) is 0 Å². The molecule has 96 valence electrons. The fourth-order valence-electron chi connectivity index (χ4n) is 1.69. The van der Waals surface area contributed by atoms with Gasteiger partial charge in [-0.05, 0) is 25.0 Å².